The van der Waals surface area contributed by atoms with Gasteiger partial charge in [-0.3, -0.25) is 14.9 Å². The first-order valence-electron chi connectivity index (χ1n) is 6.21. The molecule has 1 amide bonds. The fourth-order valence-corrected chi connectivity index (χ4v) is 1.89. The fraction of sp³-hybridized carbons (Fsp3) is 0.143. The second kappa shape index (κ2) is 6.00. The van der Waals surface area contributed by atoms with Gasteiger partial charge < -0.3 is 11.1 Å². The van der Waals surface area contributed by atoms with Crippen LogP contribution < -0.4 is 11.1 Å². The minimum absolute atomic E-state index is 0.0568. The third kappa shape index (κ3) is 3.53. The van der Waals surface area contributed by atoms with Gasteiger partial charge in [0.15, 0.2) is 0 Å². The van der Waals surface area contributed by atoms with Crippen molar-refractivity contribution in [2.45, 2.75) is 13.5 Å². The topological polar surface area (TPSA) is 111 Å². The lowest BCUT2D eigenvalue weighted by atomic mass is 10.1. The molecule has 21 heavy (non-hydrogen) atoms. The van der Waals surface area contributed by atoms with Gasteiger partial charge in [-0.05, 0) is 18.6 Å². The number of anilines is 1. The summed E-state index contributed by atoms with van der Waals surface area (Å²) in [7, 11) is 0. The SMILES string of the molecule is Cc1cccc(CNC(=O)c2cc(N)ncc2[N+](=O)[O-])c1. The van der Waals surface area contributed by atoms with Crippen molar-refractivity contribution in [1.29, 1.82) is 0 Å². The summed E-state index contributed by atoms with van der Waals surface area (Å²) in [5.41, 5.74) is 6.99. The number of rotatable bonds is 4. The largest absolute Gasteiger partial charge is 0.384 e. The number of aromatic nitrogens is 1. The molecule has 3 N–H and O–H groups in total. The number of nitrogen functional groups attached to an aromatic ring is 1. The second-order valence-electron chi connectivity index (χ2n) is 4.56. The molecule has 108 valence electrons. The van der Waals surface area contributed by atoms with Crippen molar-refractivity contribution in [1.82, 2.24) is 10.3 Å². The molecule has 0 atom stereocenters. The maximum absolute atomic E-state index is 12.1. The van der Waals surface area contributed by atoms with Crippen LogP contribution in [0.3, 0.4) is 0 Å². The molecule has 0 aliphatic heterocycles. The number of pyridine rings is 1. The van der Waals surface area contributed by atoms with E-state index in [-0.39, 0.29) is 23.6 Å². The first-order chi connectivity index (χ1) is 9.97. The van der Waals surface area contributed by atoms with Crippen molar-refractivity contribution in [3.05, 3.63) is 63.3 Å². The zero-order chi connectivity index (χ0) is 15.4. The number of carbonyl (C=O) groups is 1. The summed E-state index contributed by atoms with van der Waals surface area (Å²) in [5.74, 6) is -0.501. The van der Waals surface area contributed by atoms with Crippen LogP contribution in [0.5, 0.6) is 0 Å². The van der Waals surface area contributed by atoms with Gasteiger partial charge in [-0.15, -0.1) is 0 Å². The number of benzene rings is 1. The maximum atomic E-state index is 12.1. The number of nitrogens with zero attached hydrogens (tertiary/aromatic N) is 2. The van der Waals surface area contributed by atoms with E-state index in [0.29, 0.717) is 0 Å². The molecule has 1 aromatic heterocycles. The Morgan fingerprint density at radius 2 is 2.19 bits per heavy atom. The van der Waals surface area contributed by atoms with E-state index in [1.807, 2.05) is 31.2 Å². The molecule has 0 bridgehead atoms. The molecular weight excluding hydrogens is 272 g/mol. The van der Waals surface area contributed by atoms with E-state index >= 15 is 0 Å². The van der Waals surface area contributed by atoms with E-state index in [9.17, 15) is 14.9 Å². The Labute approximate surface area is 121 Å². The fourth-order valence-electron chi connectivity index (χ4n) is 1.89. The lowest BCUT2D eigenvalue weighted by molar-refractivity contribution is -0.385. The van der Waals surface area contributed by atoms with E-state index in [1.165, 1.54) is 6.07 Å². The van der Waals surface area contributed by atoms with Gasteiger partial charge in [0.25, 0.3) is 11.6 Å². The van der Waals surface area contributed by atoms with Crippen LogP contribution in [0.4, 0.5) is 11.5 Å². The number of nitrogens with one attached hydrogen (secondary N) is 1. The van der Waals surface area contributed by atoms with E-state index in [0.717, 1.165) is 17.3 Å². The molecular formula is C14H14N4O3. The van der Waals surface area contributed by atoms with Crippen LogP contribution in [-0.2, 0) is 6.54 Å². The highest BCUT2D eigenvalue weighted by Gasteiger charge is 2.20. The molecule has 7 nitrogen and oxygen atoms in total. The van der Waals surface area contributed by atoms with Crippen molar-refractivity contribution < 1.29 is 9.72 Å². The molecule has 0 aliphatic rings. The molecule has 0 saturated carbocycles. The Balaban J connectivity index is 2.17. The number of nitrogens with two attached hydrogens (primary N) is 1. The van der Waals surface area contributed by atoms with Gasteiger partial charge in [0.1, 0.15) is 17.6 Å². The smallest absolute Gasteiger partial charge is 0.300 e. The highest BCUT2D eigenvalue weighted by Crippen LogP contribution is 2.19. The normalized spacial score (nSPS) is 10.1. The standard InChI is InChI=1S/C14H14N4O3/c1-9-3-2-4-10(5-9)7-17-14(19)11-6-13(15)16-8-12(11)18(20)21/h2-6,8H,7H2,1H3,(H2,15,16)(H,17,19). The van der Waals surface area contributed by atoms with Crippen LogP contribution in [0.1, 0.15) is 21.5 Å². The minimum atomic E-state index is -0.659. The molecule has 0 fully saturated rings. The molecule has 0 aliphatic carbocycles. The molecule has 1 aromatic carbocycles. The van der Waals surface area contributed by atoms with Gasteiger partial charge in [-0.1, -0.05) is 29.8 Å². The number of hydrogen-bond donors (Lipinski definition) is 2. The molecule has 1 heterocycles. The van der Waals surface area contributed by atoms with Crippen molar-refractivity contribution >= 4 is 17.4 Å². The Kier molecular flexibility index (Phi) is 4.13. The van der Waals surface area contributed by atoms with Crippen molar-refractivity contribution in [2.24, 2.45) is 0 Å². The van der Waals surface area contributed by atoms with Gasteiger partial charge in [0.2, 0.25) is 0 Å². The lowest BCUT2D eigenvalue weighted by Crippen LogP contribution is -2.24. The number of carbonyl (C=O) groups excluding carboxylic acids is 1. The monoisotopic (exact) mass is 286 g/mol. The van der Waals surface area contributed by atoms with Crippen LogP contribution in [0, 0.1) is 17.0 Å². The highest BCUT2D eigenvalue weighted by atomic mass is 16.6. The summed E-state index contributed by atoms with van der Waals surface area (Å²) >= 11 is 0. The van der Waals surface area contributed by atoms with Crippen LogP contribution in [0.2, 0.25) is 0 Å². The average Bonchev–Trinajstić information content (AvgIpc) is 2.44. The van der Waals surface area contributed by atoms with Gasteiger partial charge in [-0.2, -0.15) is 0 Å². The van der Waals surface area contributed by atoms with E-state index in [1.54, 1.807) is 0 Å². The average molecular weight is 286 g/mol. The van der Waals surface area contributed by atoms with E-state index in [2.05, 4.69) is 10.3 Å². The number of hydrogen-bond acceptors (Lipinski definition) is 5. The zero-order valence-corrected chi connectivity index (χ0v) is 11.4. The second-order valence-corrected chi connectivity index (χ2v) is 4.56. The van der Waals surface area contributed by atoms with Crippen LogP contribution in [0.25, 0.3) is 0 Å². The number of aryl methyl sites for hydroxylation is 1. The molecule has 0 unspecified atom stereocenters. The molecule has 2 aromatic rings. The van der Waals surface area contributed by atoms with Gasteiger partial charge in [0.05, 0.1) is 4.92 Å². The molecule has 0 spiro atoms. The quantitative estimate of drug-likeness (QED) is 0.657. The van der Waals surface area contributed by atoms with Crippen LogP contribution in [0.15, 0.2) is 36.5 Å². The maximum Gasteiger partial charge on any atom is 0.300 e. The Morgan fingerprint density at radius 3 is 2.86 bits per heavy atom. The van der Waals surface area contributed by atoms with E-state index < -0.39 is 10.8 Å². The molecule has 0 radical (unpaired) electrons. The third-order valence-electron chi connectivity index (χ3n) is 2.88. The first-order valence-corrected chi connectivity index (χ1v) is 6.21. The van der Waals surface area contributed by atoms with Crippen LogP contribution in [-0.4, -0.2) is 15.8 Å². The zero-order valence-electron chi connectivity index (χ0n) is 11.4. The predicted octanol–water partition coefficient (Wildman–Crippen LogP) is 1.81. The van der Waals surface area contributed by atoms with Crippen molar-refractivity contribution in [3.8, 4) is 0 Å². The Hall–Kier alpha value is -2.96. The van der Waals surface area contributed by atoms with E-state index in [4.69, 9.17) is 5.73 Å². The summed E-state index contributed by atoms with van der Waals surface area (Å²) in [4.78, 5) is 26.0. The summed E-state index contributed by atoms with van der Waals surface area (Å²) in [6, 6.07) is 8.81. The molecule has 0 saturated heterocycles. The summed E-state index contributed by atoms with van der Waals surface area (Å²) in [5, 5.41) is 13.5. The van der Waals surface area contributed by atoms with Gasteiger partial charge in [0, 0.05) is 6.54 Å². The van der Waals surface area contributed by atoms with Gasteiger partial charge >= 0.3 is 0 Å². The summed E-state index contributed by atoms with van der Waals surface area (Å²) in [6.45, 7) is 2.22. The minimum Gasteiger partial charge on any atom is -0.384 e. The number of nitro groups is 1. The summed E-state index contributed by atoms with van der Waals surface area (Å²) in [6.07, 6.45) is 0.983. The van der Waals surface area contributed by atoms with Crippen molar-refractivity contribution in [3.63, 3.8) is 0 Å². The Bertz CT molecular complexity index is 700. The molecule has 2 rings (SSSR count). The Morgan fingerprint density at radius 1 is 1.43 bits per heavy atom. The third-order valence-corrected chi connectivity index (χ3v) is 2.88. The first kappa shape index (κ1) is 14.4. The predicted molar refractivity (Wildman–Crippen MR) is 77.7 cm³/mol. The highest BCUT2D eigenvalue weighted by molar-refractivity contribution is 5.98. The van der Waals surface area contributed by atoms with Crippen molar-refractivity contribution in [2.75, 3.05) is 5.73 Å². The van der Waals surface area contributed by atoms with Crippen LogP contribution >= 0.6 is 0 Å². The summed E-state index contributed by atoms with van der Waals surface area (Å²) < 4.78 is 0. The lowest BCUT2D eigenvalue weighted by Gasteiger charge is -2.07. The molecule has 7 heteroatoms. The van der Waals surface area contributed by atoms with Gasteiger partial charge in [-0.25, -0.2) is 4.98 Å². The number of amides is 1.